The summed E-state index contributed by atoms with van der Waals surface area (Å²) in [6.07, 6.45) is 5.17. The predicted octanol–water partition coefficient (Wildman–Crippen LogP) is 2.56. The minimum Gasteiger partial charge on any atom is -0.348 e. The van der Waals surface area contributed by atoms with Crippen molar-refractivity contribution in [2.45, 2.75) is 6.54 Å². The second-order valence-corrected chi connectivity index (χ2v) is 4.42. The number of fused-ring (bicyclic) bond motifs is 1. The Kier molecular flexibility index (Phi) is 3.37. The summed E-state index contributed by atoms with van der Waals surface area (Å²) in [7, 11) is 0. The summed E-state index contributed by atoms with van der Waals surface area (Å²) in [5, 5.41) is 3.76. The van der Waals surface area contributed by atoms with E-state index in [1.807, 2.05) is 42.5 Å². The molecule has 20 heavy (non-hydrogen) atoms. The Bertz CT molecular complexity index is 736. The summed E-state index contributed by atoms with van der Waals surface area (Å²) in [5.41, 5.74) is 2.43. The lowest BCUT2D eigenvalue weighted by atomic mass is 10.1. The van der Waals surface area contributed by atoms with Crippen molar-refractivity contribution in [3.05, 3.63) is 72.2 Å². The average Bonchev–Trinajstić information content (AvgIpc) is 2.53. The lowest BCUT2D eigenvalue weighted by molar-refractivity contribution is 0.0952. The Hall–Kier alpha value is -2.75. The normalized spacial score (nSPS) is 10.4. The van der Waals surface area contributed by atoms with Crippen molar-refractivity contribution < 1.29 is 4.79 Å². The average molecular weight is 263 g/mol. The second-order valence-electron chi connectivity index (χ2n) is 4.42. The molecular formula is C16H13N3O. The van der Waals surface area contributed by atoms with Crippen molar-refractivity contribution in [3.63, 3.8) is 0 Å². The summed E-state index contributed by atoms with van der Waals surface area (Å²) < 4.78 is 0. The molecule has 0 aliphatic carbocycles. The molecule has 3 aromatic rings. The van der Waals surface area contributed by atoms with E-state index in [9.17, 15) is 4.79 Å². The van der Waals surface area contributed by atoms with Crippen molar-refractivity contribution in [2.75, 3.05) is 0 Å². The standard InChI is InChI=1S/C16H13N3O/c20-16(19-11-12-4-2-8-17-10-12)14-5-1-7-15-13(14)6-3-9-18-15/h1-10H,11H2,(H,19,20). The summed E-state index contributed by atoms with van der Waals surface area (Å²) >= 11 is 0. The van der Waals surface area contributed by atoms with Crippen LogP contribution >= 0.6 is 0 Å². The van der Waals surface area contributed by atoms with Gasteiger partial charge in [0.05, 0.1) is 5.52 Å². The molecule has 1 amide bonds. The van der Waals surface area contributed by atoms with Crippen LogP contribution in [0.2, 0.25) is 0 Å². The summed E-state index contributed by atoms with van der Waals surface area (Å²) in [6, 6.07) is 13.1. The quantitative estimate of drug-likeness (QED) is 0.790. The summed E-state index contributed by atoms with van der Waals surface area (Å²) in [5.74, 6) is -0.104. The highest BCUT2D eigenvalue weighted by Gasteiger charge is 2.09. The summed E-state index contributed by atoms with van der Waals surface area (Å²) in [4.78, 5) is 20.5. The van der Waals surface area contributed by atoms with Gasteiger partial charge in [-0.3, -0.25) is 14.8 Å². The monoisotopic (exact) mass is 263 g/mol. The lowest BCUT2D eigenvalue weighted by Gasteiger charge is -2.07. The van der Waals surface area contributed by atoms with Gasteiger partial charge in [0.25, 0.3) is 5.91 Å². The predicted molar refractivity (Wildman–Crippen MR) is 77.2 cm³/mol. The SMILES string of the molecule is O=C(NCc1cccnc1)c1cccc2ncccc12. The van der Waals surface area contributed by atoms with E-state index >= 15 is 0 Å². The van der Waals surface area contributed by atoms with E-state index < -0.39 is 0 Å². The van der Waals surface area contributed by atoms with E-state index in [1.54, 1.807) is 18.6 Å². The Morgan fingerprint density at radius 1 is 1.05 bits per heavy atom. The number of hydrogen-bond donors (Lipinski definition) is 1. The third kappa shape index (κ3) is 2.49. The zero-order valence-electron chi connectivity index (χ0n) is 10.8. The molecule has 3 rings (SSSR count). The van der Waals surface area contributed by atoms with Crippen LogP contribution in [0.1, 0.15) is 15.9 Å². The summed E-state index contributed by atoms with van der Waals surface area (Å²) in [6.45, 7) is 0.462. The van der Waals surface area contributed by atoms with Gasteiger partial charge in [-0.15, -0.1) is 0 Å². The Morgan fingerprint density at radius 2 is 1.95 bits per heavy atom. The Morgan fingerprint density at radius 3 is 2.80 bits per heavy atom. The van der Waals surface area contributed by atoms with Gasteiger partial charge in [0.2, 0.25) is 0 Å². The number of hydrogen-bond acceptors (Lipinski definition) is 3. The molecule has 0 atom stereocenters. The van der Waals surface area contributed by atoms with Crippen LogP contribution in [0.25, 0.3) is 10.9 Å². The highest BCUT2D eigenvalue weighted by molar-refractivity contribution is 6.06. The molecule has 1 N–H and O–H groups in total. The molecule has 2 aromatic heterocycles. The van der Waals surface area contributed by atoms with Gasteiger partial charge in [0, 0.05) is 36.1 Å². The minimum absolute atomic E-state index is 0.104. The molecule has 2 heterocycles. The molecule has 98 valence electrons. The molecule has 0 unspecified atom stereocenters. The molecular weight excluding hydrogens is 250 g/mol. The number of nitrogens with zero attached hydrogens (tertiary/aromatic N) is 2. The molecule has 0 saturated carbocycles. The first-order valence-corrected chi connectivity index (χ1v) is 6.35. The molecule has 4 nitrogen and oxygen atoms in total. The van der Waals surface area contributed by atoms with Gasteiger partial charge in [0.15, 0.2) is 0 Å². The van der Waals surface area contributed by atoms with Gasteiger partial charge in [-0.05, 0) is 29.8 Å². The first-order chi connectivity index (χ1) is 9.84. The number of carbonyl (C=O) groups excluding carboxylic acids is 1. The fourth-order valence-electron chi connectivity index (χ4n) is 2.08. The van der Waals surface area contributed by atoms with E-state index in [2.05, 4.69) is 15.3 Å². The molecule has 0 fully saturated rings. The van der Waals surface area contributed by atoms with Gasteiger partial charge < -0.3 is 5.32 Å². The van der Waals surface area contributed by atoms with Gasteiger partial charge >= 0.3 is 0 Å². The van der Waals surface area contributed by atoms with Crippen molar-refractivity contribution in [2.24, 2.45) is 0 Å². The molecule has 0 radical (unpaired) electrons. The second kappa shape index (κ2) is 5.48. The fourth-order valence-corrected chi connectivity index (χ4v) is 2.08. The number of nitrogens with one attached hydrogen (secondary N) is 1. The maximum Gasteiger partial charge on any atom is 0.252 e. The van der Waals surface area contributed by atoms with Crippen molar-refractivity contribution in [1.82, 2.24) is 15.3 Å². The van der Waals surface area contributed by atoms with Crippen LogP contribution in [0.4, 0.5) is 0 Å². The zero-order valence-corrected chi connectivity index (χ0v) is 10.8. The van der Waals surface area contributed by atoms with Crippen molar-refractivity contribution >= 4 is 16.8 Å². The zero-order chi connectivity index (χ0) is 13.8. The first-order valence-electron chi connectivity index (χ1n) is 6.35. The van der Waals surface area contributed by atoms with Crippen LogP contribution in [0, 0.1) is 0 Å². The molecule has 0 spiro atoms. The third-order valence-electron chi connectivity index (χ3n) is 3.07. The van der Waals surface area contributed by atoms with Gasteiger partial charge in [0.1, 0.15) is 0 Å². The lowest BCUT2D eigenvalue weighted by Crippen LogP contribution is -2.23. The number of carbonyl (C=O) groups is 1. The number of pyridine rings is 2. The topological polar surface area (TPSA) is 54.9 Å². The van der Waals surface area contributed by atoms with Crippen LogP contribution in [-0.2, 0) is 6.54 Å². The van der Waals surface area contributed by atoms with E-state index in [0.29, 0.717) is 12.1 Å². The van der Waals surface area contributed by atoms with Gasteiger partial charge in [-0.25, -0.2) is 0 Å². The molecule has 4 heteroatoms. The van der Waals surface area contributed by atoms with Crippen molar-refractivity contribution in [3.8, 4) is 0 Å². The number of benzene rings is 1. The Balaban J connectivity index is 1.82. The van der Waals surface area contributed by atoms with E-state index in [1.165, 1.54) is 0 Å². The number of aromatic nitrogens is 2. The third-order valence-corrected chi connectivity index (χ3v) is 3.07. The first kappa shape index (κ1) is 12.3. The van der Waals surface area contributed by atoms with Crippen LogP contribution in [0.15, 0.2) is 61.1 Å². The highest BCUT2D eigenvalue weighted by atomic mass is 16.1. The van der Waals surface area contributed by atoms with Crippen LogP contribution in [-0.4, -0.2) is 15.9 Å². The fraction of sp³-hybridized carbons (Fsp3) is 0.0625. The van der Waals surface area contributed by atoms with Crippen molar-refractivity contribution in [1.29, 1.82) is 0 Å². The smallest absolute Gasteiger partial charge is 0.252 e. The van der Waals surface area contributed by atoms with Crippen LogP contribution in [0.5, 0.6) is 0 Å². The van der Waals surface area contributed by atoms with Crippen LogP contribution in [0.3, 0.4) is 0 Å². The molecule has 0 saturated heterocycles. The van der Waals surface area contributed by atoms with Gasteiger partial charge in [-0.1, -0.05) is 18.2 Å². The van der Waals surface area contributed by atoms with E-state index in [4.69, 9.17) is 0 Å². The van der Waals surface area contributed by atoms with Gasteiger partial charge in [-0.2, -0.15) is 0 Å². The Labute approximate surface area is 116 Å². The largest absolute Gasteiger partial charge is 0.348 e. The highest BCUT2D eigenvalue weighted by Crippen LogP contribution is 2.16. The maximum atomic E-state index is 12.3. The maximum absolute atomic E-state index is 12.3. The van der Waals surface area contributed by atoms with Crippen LogP contribution < -0.4 is 5.32 Å². The molecule has 0 bridgehead atoms. The number of rotatable bonds is 3. The molecule has 1 aromatic carbocycles. The van der Waals surface area contributed by atoms with E-state index in [-0.39, 0.29) is 5.91 Å². The molecule has 0 aliphatic rings. The number of amides is 1. The molecule has 0 aliphatic heterocycles. The minimum atomic E-state index is -0.104. The van der Waals surface area contributed by atoms with E-state index in [0.717, 1.165) is 16.5 Å².